The van der Waals surface area contributed by atoms with E-state index in [1.807, 2.05) is 13.0 Å². The number of nitrogen functional groups attached to an aromatic ring is 1. The van der Waals surface area contributed by atoms with Gasteiger partial charge in [0.15, 0.2) is 0 Å². The highest BCUT2D eigenvalue weighted by Crippen LogP contribution is 2.20. The van der Waals surface area contributed by atoms with Crippen LogP contribution in [0.1, 0.15) is 39.9 Å². The molecule has 5 nitrogen and oxygen atoms in total. The molecule has 96 valence electrons. The van der Waals surface area contributed by atoms with Gasteiger partial charge in [-0.1, -0.05) is 27.7 Å². The molecule has 0 aliphatic carbocycles. The van der Waals surface area contributed by atoms with Crippen LogP contribution in [0.4, 0.5) is 11.6 Å². The molecule has 0 aromatic carbocycles. The van der Waals surface area contributed by atoms with Gasteiger partial charge in [0.05, 0.1) is 0 Å². The summed E-state index contributed by atoms with van der Waals surface area (Å²) in [5.74, 6) is 7.64. The molecule has 0 bridgehead atoms. The maximum Gasteiger partial charge on any atom is 0.145 e. The highest BCUT2D eigenvalue weighted by Gasteiger charge is 2.15. The zero-order chi connectivity index (χ0) is 12.9. The first-order valence-corrected chi connectivity index (χ1v) is 6.09. The number of nitrogens with one attached hydrogen (secondary N) is 2. The number of aryl methyl sites for hydroxylation is 1. The molecule has 0 spiro atoms. The molecule has 0 aliphatic rings. The molecule has 1 rings (SSSR count). The Labute approximate surface area is 103 Å². The molecule has 0 fully saturated rings. The Morgan fingerprint density at radius 2 is 1.88 bits per heavy atom. The van der Waals surface area contributed by atoms with E-state index in [4.69, 9.17) is 5.84 Å². The lowest BCUT2D eigenvalue weighted by atomic mass is 9.90. The summed E-state index contributed by atoms with van der Waals surface area (Å²) in [5.41, 5.74) is 2.82. The van der Waals surface area contributed by atoms with Crippen molar-refractivity contribution in [2.45, 2.75) is 40.5 Å². The fourth-order valence-electron chi connectivity index (χ4n) is 1.27. The summed E-state index contributed by atoms with van der Waals surface area (Å²) < 4.78 is 0. The molecule has 0 atom stereocenters. The zero-order valence-corrected chi connectivity index (χ0v) is 11.2. The third-order valence-corrected chi connectivity index (χ3v) is 2.94. The quantitative estimate of drug-likeness (QED) is 0.522. The molecule has 1 aromatic rings. The van der Waals surface area contributed by atoms with Gasteiger partial charge in [0.25, 0.3) is 0 Å². The Kier molecular flexibility index (Phi) is 4.69. The molecular formula is C12H23N5. The van der Waals surface area contributed by atoms with E-state index in [-0.39, 0.29) is 5.41 Å². The highest BCUT2D eigenvalue weighted by atomic mass is 15.3. The molecule has 0 saturated carbocycles. The normalized spacial score (nSPS) is 11.4. The second kappa shape index (κ2) is 5.82. The van der Waals surface area contributed by atoms with Crippen molar-refractivity contribution >= 4 is 11.6 Å². The Morgan fingerprint density at radius 3 is 2.41 bits per heavy atom. The monoisotopic (exact) mass is 237 g/mol. The maximum absolute atomic E-state index is 5.38. The SMILES string of the molecule is CCc1nc(NN)cc(NCC(C)(C)CC)n1. The van der Waals surface area contributed by atoms with Crippen LogP contribution in [0.5, 0.6) is 0 Å². The number of nitrogens with two attached hydrogens (primary N) is 1. The zero-order valence-electron chi connectivity index (χ0n) is 11.2. The summed E-state index contributed by atoms with van der Waals surface area (Å²) in [7, 11) is 0. The number of nitrogens with zero attached hydrogens (tertiary/aromatic N) is 2. The molecule has 0 saturated heterocycles. The van der Waals surface area contributed by atoms with Gasteiger partial charge in [-0.2, -0.15) is 0 Å². The van der Waals surface area contributed by atoms with Crippen molar-refractivity contribution in [2.24, 2.45) is 11.3 Å². The van der Waals surface area contributed by atoms with Crippen LogP contribution in [0, 0.1) is 5.41 Å². The summed E-state index contributed by atoms with van der Waals surface area (Å²) in [5, 5.41) is 3.34. The van der Waals surface area contributed by atoms with Gasteiger partial charge in [0, 0.05) is 19.0 Å². The topological polar surface area (TPSA) is 75.9 Å². The Bertz CT molecular complexity index is 340. The van der Waals surface area contributed by atoms with Crippen molar-refractivity contribution in [2.75, 3.05) is 17.3 Å². The predicted molar refractivity (Wildman–Crippen MR) is 71.8 cm³/mol. The minimum absolute atomic E-state index is 0.258. The largest absolute Gasteiger partial charge is 0.369 e. The Morgan fingerprint density at radius 1 is 1.24 bits per heavy atom. The minimum Gasteiger partial charge on any atom is -0.369 e. The molecule has 0 unspecified atom stereocenters. The van der Waals surface area contributed by atoms with Crippen LogP contribution in [-0.2, 0) is 6.42 Å². The van der Waals surface area contributed by atoms with Crippen LogP contribution in [0.3, 0.4) is 0 Å². The number of anilines is 2. The van der Waals surface area contributed by atoms with Crippen LogP contribution >= 0.6 is 0 Å². The van der Waals surface area contributed by atoms with Crippen molar-refractivity contribution < 1.29 is 0 Å². The van der Waals surface area contributed by atoms with Crippen LogP contribution in [0.2, 0.25) is 0 Å². The average molecular weight is 237 g/mol. The third kappa shape index (κ3) is 4.19. The molecular weight excluding hydrogens is 214 g/mol. The lowest BCUT2D eigenvalue weighted by Crippen LogP contribution is -2.23. The van der Waals surface area contributed by atoms with Crippen LogP contribution in [0.25, 0.3) is 0 Å². The smallest absolute Gasteiger partial charge is 0.145 e. The number of hydrazine groups is 1. The van der Waals surface area contributed by atoms with E-state index in [9.17, 15) is 0 Å². The van der Waals surface area contributed by atoms with Gasteiger partial charge in [0.2, 0.25) is 0 Å². The second-order valence-electron chi connectivity index (χ2n) is 4.92. The van der Waals surface area contributed by atoms with Gasteiger partial charge in [-0.3, -0.25) is 0 Å². The molecule has 5 heteroatoms. The first-order chi connectivity index (χ1) is 8.00. The number of hydrogen-bond donors (Lipinski definition) is 3. The van der Waals surface area contributed by atoms with E-state index in [1.165, 1.54) is 0 Å². The molecule has 1 aromatic heterocycles. The molecule has 0 radical (unpaired) electrons. The van der Waals surface area contributed by atoms with Crippen molar-refractivity contribution in [3.05, 3.63) is 11.9 Å². The molecule has 4 N–H and O–H groups in total. The van der Waals surface area contributed by atoms with E-state index < -0.39 is 0 Å². The first kappa shape index (κ1) is 13.7. The van der Waals surface area contributed by atoms with Crippen molar-refractivity contribution in [3.8, 4) is 0 Å². The van der Waals surface area contributed by atoms with Gasteiger partial charge < -0.3 is 10.7 Å². The Hall–Kier alpha value is -1.36. The van der Waals surface area contributed by atoms with Gasteiger partial charge in [-0.15, -0.1) is 0 Å². The van der Waals surface area contributed by atoms with Gasteiger partial charge in [0.1, 0.15) is 17.5 Å². The molecule has 0 amide bonds. The fraction of sp³-hybridized carbons (Fsp3) is 0.667. The fourth-order valence-corrected chi connectivity index (χ4v) is 1.27. The van der Waals surface area contributed by atoms with E-state index in [1.54, 1.807) is 0 Å². The van der Waals surface area contributed by atoms with Gasteiger partial charge in [-0.05, 0) is 11.8 Å². The standard InChI is InChI=1S/C12H23N5/c1-5-9-15-10(7-11(16-9)17-13)14-8-12(3,4)6-2/h7H,5-6,8,13H2,1-4H3,(H2,14,15,16,17). The predicted octanol–water partition coefficient (Wildman–Crippen LogP) is 2.17. The van der Waals surface area contributed by atoms with Crippen LogP contribution in [-0.4, -0.2) is 16.5 Å². The van der Waals surface area contributed by atoms with Gasteiger partial charge >= 0.3 is 0 Å². The first-order valence-electron chi connectivity index (χ1n) is 6.09. The summed E-state index contributed by atoms with van der Waals surface area (Å²) in [6, 6.07) is 1.82. The van der Waals surface area contributed by atoms with Crippen molar-refractivity contribution in [3.63, 3.8) is 0 Å². The summed E-state index contributed by atoms with van der Waals surface area (Å²) >= 11 is 0. The maximum atomic E-state index is 5.38. The molecule has 1 heterocycles. The minimum atomic E-state index is 0.258. The summed E-state index contributed by atoms with van der Waals surface area (Å²) in [4.78, 5) is 8.67. The van der Waals surface area contributed by atoms with E-state index in [2.05, 4.69) is 41.5 Å². The van der Waals surface area contributed by atoms with E-state index in [0.29, 0.717) is 5.82 Å². The van der Waals surface area contributed by atoms with Crippen LogP contribution in [0.15, 0.2) is 6.07 Å². The van der Waals surface area contributed by atoms with Gasteiger partial charge in [-0.25, -0.2) is 15.8 Å². The van der Waals surface area contributed by atoms with Crippen LogP contribution < -0.4 is 16.6 Å². The molecule has 17 heavy (non-hydrogen) atoms. The number of rotatable bonds is 6. The highest BCUT2D eigenvalue weighted by molar-refractivity contribution is 5.46. The average Bonchev–Trinajstić information content (AvgIpc) is 2.36. The molecule has 0 aliphatic heterocycles. The number of aromatic nitrogens is 2. The second-order valence-corrected chi connectivity index (χ2v) is 4.92. The summed E-state index contributed by atoms with van der Waals surface area (Å²) in [6.45, 7) is 9.54. The van der Waals surface area contributed by atoms with Crippen molar-refractivity contribution in [1.82, 2.24) is 9.97 Å². The van der Waals surface area contributed by atoms with E-state index in [0.717, 1.165) is 31.0 Å². The van der Waals surface area contributed by atoms with E-state index >= 15 is 0 Å². The van der Waals surface area contributed by atoms with Crippen molar-refractivity contribution in [1.29, 1.82) is 0 Å². The summed E-state index contributed by atoms with van der Waals surface area (Å²) in [6.07, 6.45) is 1.91. The Balaban J connectivity index is 2.76. The lowest BCUT2D eigenvalue weighted by molar-refractivity contribution is 0.376. The third-order valence-electron chi connectivity index (χ3n) is 2.94. The lowest BCUT2D eigenvalue weighted by Gasteiger charge is -2.23. The number of hydrogen-bond acceptors (Lipinski definition) is 5.